The van der Waals surface area contributed by atoms with Crippen LogP contribution in [-0.4, -0.2) is 51.7 Å². The van der Waals surface area contributed by atoms with E-state index >= 15 is 0 Å². The van der Waals surface area contributed by atoms with Crippen molar-refractivity contribution in [3.63, 3.8) is 0 Å². The summed E-state index contributed by atoms with van der Waals surface area (Å²) in [6, 6.07) is 0. The molecular formula is C14H17F6N3OS. The smallest absolute Gasteiger partial charge is 0.407 e. The SMILES string of the molecule is CCCC(F)(F)C(F)(F)C(F)(F)Oc1nsnc1C1=CCCN(C)C1. The zero-order valence-electron chi connectivity index (χ0n) is 13.5. The normalized spacial score (nSPS) is 17.5. The van der Waals surface area contributed by atoms with Gasteiger partial charge in [-0.15, -0.1) is 4.37 Å². The van der Waals surface area contributed by atoms with E-state index in [0.29, 0.717) is 30.3 Å². The summed E-state index contributed by atoms with van der Waals surface area (Å²) < 4.78 is 93.3. The van der Waals surface area contributed by atoms with Crippen molar-refractivity contribution in [3.05, 3.63) is 11.8 Å². The van der Waals surface area contributed by atoms with Crippen molar-refractivity contribution in [3.8, 4) is 5.88 Å². The minimum atomic E-state index is -5.69. The maximum absolute atomic E-state index is 13.9. The summed E-state index contributed by atoms with van der Waals surface area (Å²) in [5, 5.41) is 0. The Bertz CT molecular complexity index is 634. The zero-order chi connectivity index (χ0) is 18.9. The zero-order valence-corrected chi connectivity index (χ0v) is 14.4. The number of rotatable bonds is 7. The van der Waals surface area contributed by atoms with Crippen LogP contribution in [0.3, 0.4) is 0 Å². The lowest BCUT2D eigenvalue weighted by molar-refractivity contribution is -0.373. The van der Waals surface area contributed by atoms with E-state index in [-0.39, 0.29) is 12.1 Å². The predicted octanol–water partition coefficient (Wildman–Crippen LogP) is 4.30. The van der Waals surface area contributed by atoms with E-state index in [1.165, 1.54) is 6.92 Å². The number of likely N-dealkylation sites (N-methyl/N-ethyl adjacent to an activating group) is 1. The Morgan fingerprint density at radius 1 is 1.20 bits per heavy atom. The molecule has 0 atom stereocenters. The topological polar surface area (TPSA) is 38.3 Å². The highest BCUT2D eigenvalue weighted by Gasteiger charge is 2.73. The van der Waals surface area contributed by atoms with Gasteiger partial charge in [0.1, 0.15) is 5.69 Å². The summed E-state index contributed by atoms with van der Waals surface area (Å²) in [4.78, 5) is 1.86. The van der Waals surface area contributed by atoms with Gasteiger partial charge in [0.25, 0.3) is 5.88 Å². The van der Waals surface area contributed by atoms with E-state index in [4.69, 9.17) is 0 Å². The summed E-state index contributed by atoms with van der Waals surface area (Å²) in [6.45, 7) is 2.25. The van der Waals surface area contributed by atoms with Gasteiger partial charge in [-0.05, 0) is 19.0 Å². The third-order valence-electron chi connectivity index (χ3n) is 3.72. The van der Waals surface area contributed by atoms with E-state index in [1.807, 2.05) is 4.90 Å². The number of ether oxygens (including phenoxy) is 1. The van der Waals surface area contributed by atoms with Gasteiger partial charge in [-0.2, -0.15) is 30.7 Å². The molecule has 0 saturated carbocycles. The van der Waals surface area contributed by atoms with Crippen molar-refractivity contribution in [2.24, 2.45) is 0 Å². The molecule has 1 aliphatic rings. The number of hydrogen-bond donors (Lipinski definition) is 0. The Kier molecular flexibility index (Phi) is 5.67. The van der Waals surface area contributed by atoms with E-state index in [1.54, 1.807) is 13.1 Å². The third kappa shape index (κ3) is 3.91. The van der Waals surface area contributed by atoms with Crippen LogP contribution in [0.5, 0.6) is 5.88 Å². The summed E-state index contributed by atoms with van der Waals surface area (Å²) in [7, 11) is 1.78. The minimum absolute atomic E-state index is 0.133. The van der Waals surface area contributed by atoms with Gasteiger partial charge in [0.15, 0.2) is 0 Å². The second-order valence-corrected chi connectivity index (χ2v) is 6.35. The van der Waals surface area contributed by atoms with Crippen molar-refractivity contribution in [1.29, 1.82) is 0 Å². The van der Waals surface area contributed by atoms with E-state index in [9.17, 15) is 26.3 Å². The van der Waals surface area contributed by atoms with Gasteiger partial charge in [0.2, 0.25) is 0 Å². The van der Waals surface area contributed by atoms with Gasteiger partial charge in [-0.25, -0.2) is 0 Å². The molecule has 0 bridgehead atoms. The molecule has 0 amide bonds. The molecule has 4 nitrogen and oxygen atoms in total. The number of nitrogens with zero attached hydrogens (tertiary/aromatic N) is 3. The maximum atomic E-state index is 13.9. The molecule has 11 heteroatoms. The third-order valence-corrected chi connectivity index (χ3v) is 4.23. The first-order valence-corrected chi connectivity index (χ1v) is 8.28. The molecule has 0 fully saturated rings. The molecule has 2 rings (SSSR count). The van der Waals surface area contributed by atoms with Crippen molar-refractivity contribution in [1.82, 2.24) is 13.6 Å². The number of hydrogen-bond acceptors (Lipinski definition) is 5. The van der Waals surface area contributed by atoms with E-state index in [2.05, 4.69) is 13.5 Å². The van der Waals surface area contributed by atoms with Crippen LogP contribution >= 0.6 is 11.7 Å². The van der Waals surface area contributed by atoms with Crippen molar-refractivity contribution >= 4 is 17.3 Å². The molecular weight excluding hydrogens is 372 g/mol. The second-order valence-electron chi connectivity index (χ2n) is 5.82. The van der Waals surface area contributed by atoms with E-state index < -0.39 is 30.3 Å². The second kappa shape index (κ2) is 7.10. The summed E-state index contributed by atoms with van der Waals surface area (Å²) in [5.74, 6) is -11.5. The number of aromatic nitrogens is 2. The quantitative estimate of drug-likeness (QED) is 0.652. The van der Waals surface area contributed by atoms with Crippen molar-refractivity contribution in [2.75, 3.05) is 20.1 Å². The molecule has 0 unspecified atom stereocenters. The fraction of sp³-hybridized carbons (Fsp3) is 0.714. The minimum Gasteiger partial charge on any atom is -0.407 e. The fourth-order valence-electron chi connectivity index (χ4n) is 2.38. The number of halogens is 6. The highest BCUT2D eigenvalue weighted by molar-refractivity contribution is 6.99. The fourth-order valence-corrected chi connectivity index (χ4v) is 2.89. The Hall–Kier alpha value is -1.36. The van der Waals surface area contributed by atoms with Gasteiger partial charge >= 0.3 is 18.0 Å². The average Bonchev–Trinajstić information content (AvgIpc) is 2.94. The molecule has 0 radical (unpaired) electrons. The number of alkyl halides is 6. The summed E-state index contributed by atoms with van der Waals surface area (Å²) >= 11 is 0.480. The molecule has 25 heavy (non-hydrogen) atoms. The molecule has 0 aromatic carbocycles. The largest absolute Gasteiger partial charge is 0.472 e. The first-order chi connectivity index (χ1) is 11.5. The molecule has 1 aromatic heterocycles. The summed E-state index contributed by atoms with van der Waals surface area (Å²) in [5.41, 5.74) is 0.336. The lowest BCUT2D eigenvalue weighted by Gasteiger charge is -2.31. The standard InChI is InChI=1S/C14H17F6N3OS/c1-3-6-12(15,16)13(17,18)14(19,20)24-11-10(21-25-22-11)9-5-4-7-23(2)8-9/h5H,3-4,6-8H2,1-2H3. The Balaban J connectivity index is 2.27. The molecule has 0 spiro atoms. The monoisotopic (exact) mass is 389 g/mol. The predicted molar refractivity (Wildman–Crippen MR) is 80.4 cm³/mol. The van der Waals surface area contributed by atoms with Crippen LogP contribution in [0.25, 0.3) is 5.57 Å². The first kappa shape index (κ1) is 20.0. The van der Waals surface area contributed by atoms with Crippen LogP contribution in [0.15, 0.2) is 6.08 Å². The van der Waals surface area contributed by atoms with Gasteiger partial charge in [0.05, 0.1) is 11.7 Å². The highest BCUT2D eigenvalue weighted by Crippen LogP contribution is 2.48. The molecule has 2 heterocycles. The van der Waals surface area contributed by atoms with Crippen LogP contribution in [0.1, 0.15) is 31.9 Å². The van der Waals surface area contributed by atoms with Gasteiger partial charge in [0, 0.05) is 19.5 Å². The molecule has 1 aliphatic heterocycles. The lowest BCUT2D eigenvalue weighted by atomic mass is 10.1. The molecule has 0 saturated heterocycles. The van der Waals surface area contributed by atoms with Crippen LogP contribution in [0.4, 0.5) is 26.3 Å². The van der Waals surface area contributed by atoms with E-state index in [0.717, 1.165) is 6.54 Å². The van der Waals surface area contributed by atoms with Crippen LogP contribution in [0, 0.1) is 0 Å². The van der Waals surface area contributed by atoms with Gasteiger partial charge < -0.3 is 9.64 Å². The Labute approximate surface area is 144 Å². The maximum Gasteiger partial charge on any atom is 0.472 e. The van der Waals surface area contributed by atoms with Crippen LogP contribution in [-0.2, 0) is 0 Å². The molecule has 1 aromatic rings. The lowest BCUT2D eigenvalue weighted by Crippen LogP contribution is -2.57. The first-order valence-electron chi connectivity index (χ1n) is 7.55. The van der Waals surface area contributed by atoms with Crippen LogP contribution < -0.4 is 4.74 Å². The molecule has 0 N–H and O–H groups in total. The Morgan fingerprint density at radius 2 is 1.88 bits per heavy atom. The average molecular weight is 389 g/mol. The Morgan fingerprint density at radius 3 is 2.48 bits per heavy atom. The van der Waals surface area contributed by atoms with Crippen LogP contribution in [0.2, 0.25) is 0 Å². The van der Waals surface area contributed by atoms with Gasteiger partial charge in [-0.1, -0.05) is 19.4 Å². The van der Waals surface area contributed by atoms with Gasteiger partial charge in [-0.3, -0.25) is 0 Å². The van der Waals surface area contributed by atoms with Crippen molar-refractivity contribution < 1.29 is 31.1 Å². The molecule has 0 aliphatic carbocycles. The molecule has 142 valence electrons. The summed E-state index contributed by atoms with van der Waals surface area (Å²) in [6.07, 6.45) is -4.91. The highest BCUT2D eigenvalue weighted by atomic mass is 32.1. The van der Waals surface area contributed by atoms with Crippen molar-refractivity contribution in [2.45, 2.75) is 44.1 Å².